The molecule has 0 aliphatic heterocycles. The van der Waals surface area contributed by atoms with Crippen molar-refractivity contribution in [2.45, 2.75) is 19.3 Å². The van der Waals surface area contributed by atoms with Crippen molar-refractivity contribution in [3.63, 3.8) is 0 Å². The van der Waals surface area contributed by atoms with Crippen LogP contribution in [0.2, 0.25) is 0 Å². The van der Waals surface area contributed by atoms with Gasteiger partial charge >= 0.3 is 5.97 Å². The van der Waals surface area contributed by atoms with Crippen LogP contribution in [0.3, 0.4) is 0 Å². The number of ketones is 1. The molecule has 2 aromatic rings. The lowest BCUT2D eigenvalue weighted by Gasteiger charge is -2.12. The number of carbonyl (C=O) groups excluding carboxylic acids is 1. The lowest BCUT2D eigenvalue weighted by molar-refractivity contribution is -0.143. The summed E-state index contributed by atoms with van der Waals surface area (Å²) < 4.78 is 1.11. The number of Topliss-reactive ketones (excluding diaryl/α,β-unsaturated/α-hetero) is 1. The molecule has 0 unspecified atom stereocenters. The molecule has 22 heavy (non-hydrogen) atoms. The molecule has 0 aromatic heterocycles. The van der Waals surface area contributed by atoms with Crippen LogP contribution in [0.5, 0.6) is 0 Å². The van der Waals surface area contributed by atoms with E-state index in [2.05, 4.69) is 22.6 Å². The predicted molar refractivity (Wildman–Crippen MR) is 93.8 cm³/mol. The maximum absolute atomic E-state index is 12.1. The fourth-order valence-corrected chi connectivity index (χ4v) is 2.68. The number of hydrogen-bond acceptors (Lipinski definition) is 2. The number of carboxylic acids is 1. The molecular weight excluding hydrogens is 391 g/mol. The van der Waals surface area contributed by atoms with Crippen molar-refractivity contribution in [1.82, 2.24) is 0 Å². The van der Waals surface area contributed by atoms with E-state index < -0.39 is 11.9 Å². The van der Waals surface area contributed by atoms with Crippen molar-refractivity contribution in [1.29, 1.82) is 0 Å². The first-order chi connectivity index (χ1) is 10.5. The Morgan fingerprint density at radius 2 is 1.59 bits per heavy atom. The van der Waals surface area contributed by atoms with Gasteiger partial charge in [0.15, 0.2) is 0 Å². The van der Waals surface area contributed by atoms with E-state index in [0.29, 0.717) is 6.42 Å². The molecule has 1 atom stereocenters. The molecule has 0 spiro atoms. The maximum atomic E-state index is 12.1. The van der Waals surface area contributed by atoms with Gasteiger partial charge in [-0.25, -0.2) is 0 Å². The number of benzene rings is 2. The molecule has 0 fully saturated rings. The summed E-state index contributed by atoms with van der Waals surface area (Å²) in [7, 11) is 0. The highest BCUT2D eigenvalue weighted by molar-refractivity contribution is 14.1. The van der Waals surface area contributed by atoms with Crippen molar-refractivity contribution in [3.8, 4) is 0 Å². The van der Waals surface area contributed by atoms with Crippen molar-refractivity contribution < 1.29 is 14.7 Å². The zero-order valence-electron chi connectivity index (χ0n) is 12.0. The van der Waals surface area contributed by atoms with Crippen molar-refractivity contribution in [3.05, 3.63) is 69.3 Å². The van der Waals surface area contributed by atoms with Gasteiger partial charge in [-0.3, -0.25) is 9.59 Å². The average Bonchev–Trinajstić information content (AvgIpc) is 2.50. The Balaban J connectivity index is 1.97. The highest BCUT2D eigenvalue weighted by Gasteiger charge is 2.21. The lowest BCUT2D eigenvalue weighted by atomic mass is 9.92. The third-order valence-electron chi connectivity index (χ3n) is 3.46. The molecule has 0 bridgehead atoms. The van der Waals surface area contributed by atoms with Gasteiger partial charge in [-0.05, 0) is 52.3 Å². The van der Waals surface area contributed by atoms with Crippen LogP contribution in [-0.4, -0.2) is 16.9 Å². The predicted octanol–water partition coefficient (Wildman–Crippen LogP) is 3.74. The van der Waals surface area contributed by atoms with Crippen LogP contribution in [0.15, 0.2) is 54.6 Å². The minimum absolute atomic E-state index is 0.0375. The second kappa shape index (κ2) is 8.08. The van der Waals surface area contributed by atoms with E-state index in [4.69, 9.17) is 0 Å². The van der Waals surface area contributed by atoms with Crippen LogP contribution in [-0.2, 0) is 22.4 Å². The quantitative estimate of drug-likeness (QED) is 0.711. The van der Waals surface area contributed by atoms with Gasteiger partial charge in [-0.15, -0.1) is 0 Å². The molecular formula is C18H17IO3. The Morgan fingerprint density at radius 3 is 2.18 bits per heavy atom. The Labute approximate surface area is 143 Å². The van der Waals surface area contributed by atoms with E-state index in [0.717, 1.165) is 14.7 Å². The number of halogens is 1. The van der Waals surface area contributed by atoms with Gasteiger partial charge in [-0.1, -0.05) is 42.5 Å². The number of aliphatic carboxylic acids is 1. The molecule has 0 radical (unpaired) electrons. The van der Waals surface area contributed by atoms with E-state index >= 15 is 0 Å². The summed E-state index contributed by atoms with van der Waals surface area (Å²) in [6.45, 7) is 0. The summed E-state index contributed by atoms with van der Waals surface area (Å²) in [6.07, 6.45) is 0.736. The van der Waals surface area contributed by atoms with Crippen LogP contribution >= 0.6 is 22.6 Å². The molecule has 2 rings (SSSR count). The van der Waals surface area contributed by atoms with Crippen LogP contribution in [0.1, 0.15) is 17.5 Å². The Hall–Kier alpha value is -1.69. The Morgan fingerprint density at radius 1 is 0.955 bits per heavy atom. The summed E-state index contributed by atoms with van der Waals surface area (Å²) >= 11 is 2.21. The summed E-state index contributed by atoms with van der Waals surface area (Å²) in [5, 5.41) is 9.33. The van der Waals surface area contributed by atoms with Crippen molar-refractivity contribution in [2.75, 3.05) is 0 Å². The normalized spacial score (nSPS) is 11.9. The molecule has 4 heteroatoms. The largest absolute Gasteiger partial charge is 0.481 e. The van der Waals surface area contributed by atoms with Gasteiger partial charge in [0.05, 0.1) is 5.92 Å². The SMILES string of the molecule is O=C(Cc1ccc(I)cc1)C[C@H](Cc1ccccc1)C(=O)O. The summed E-state index contributed by atoms with van der Waals surface area (Å²) in [5.74, 6) is -1.62. The summed E-state index contributed by atoms with van der Waals surface area (Å²) in [6, 6.07) is 17.1. The first-order valence-electron chi connectivity index (χ1n) is 7.07. The van der Waals surface area contributed by atoms with Gasteiger partial charge < -0.3 is 5.11 Å². The second-order valence-corrected chi connectivity index (χ2v) is 6.52. The van der Waals surface area contributed by atoms with Gasteiger partial charge in [0, 0.05) is 16.4 Å². The smallest absolute Gasteiger partial charge is 0.307 e. The number of hydrogen-bond donors (Lipinski definition) is 1. The number of carbonyl (C=O) groups is 2. The van der Waals surface area contributed by atoms with Crippen LogP contribution in [0.25, 0.3) is 0 Å². The van der Waals surface area contributed by atoms with Gasteiger partial charge in [0.2, 0.25) is 0 Å². The molecule has 0 aliphatic rings. The van der Waals surface area contributed by atoms with E-state index in [-0.39, 0.29) is 18.6 Å². The molecule has 0 amide bonds. The molecule has 3 nitrogen and oxygen atoms in total. The molecule has 0 saturated heterocycles. The van der Waals surface area contributed by atoms with Gasteiger partial charge in [0.25, 0.3) is 0 Å². The van der Waals surface area contributed by atoms with Crippen LogP contribution < -0.4 is 0 Å². The van der Waals surface area contributed by atoms with E-state index in [1.165, 1.54) is 0 Å². The van der Waals surface area contributed by atoms with Gasteiger partial charge in [-0.2, -0.15) is 0 Å². The van der Waals surface area contributed by atoms with E-state index in [1.54, 1.807) is 0 Å². The van der Waals surface area contributed by atoms with E-state index in [1.807, 2.05) is 54.6 Å². The monoisotopic (exact) mass is 408 g/mol. The fraction of sp³-hybridized carbons (Fsp3) is 0.222. The third kappa shape index (κ3) is 5.26. The first-order valence-corrected chi connectivity index (χ1v) is 8.15. The highest BCUT2D eigenvalue weighted by atomic mass is 127. The van der Waals surface area contributed by atoms with Crippen molar-refractivity contribution in [2.24, 2.45) is 5.92 Å². The van der Waals surface area contributed by atoms with Crippen LogP contribution in [0, 0.1) is 9.49 Å². The Bertz CT molecular complexity index is 635. The zero-order valence-corrected chi connectivity index (χ0v) is 14.2. The second-order valence-electron chi connectivity index (χ2n) is 5.27. The highest BCUT2D eigenvalue weighted by Crippen LogP contribution is 2.15. The molecule has 0 aliphatic carbocycles. The average molecular weight is 408 g/mol. The first kappa shape index (κ1) is 16.7. The number of rotatable bonds is 7. The topological polar surface area (TPSA) is 54.4 Å². The molecule has 114 valence electrons. The summed E-state index contributed by atoms with van der Waals surface area (Å²) in [5.41, 5.74) is 1.87. The maximum Gasteiger partial charge on any atom is 0.307 e. The van der Waals surface area contributed by atoms with Crippen molar-refractivity contribution >= 4 is 34.3 Å². The molecule has 2 aromatic carbocycles. The fourth-order valence-electron chi connectivity index (χ4n) is 2.32. The minimum Gasteiger partial charge on any atom is -0.481 e. The standard InChI is InChI=1S/C18H17IO3/c19-16-8-6-14(7-9-16)11-17(20)12-15(18(21)22)10-13-4-2-1-3-5-13/h1-9,15H,10-12H2,(H,21,22)/t15-/m0/s1. The third-order valence-corrected chi connectivity index (χ3v) is 4.18. The molecule has 0 heterocycles. The molecule has 0 saturated carbocycles. The summed E-state index contributed by atoms with van der Waals surface area (Å²) in [4.78, 5) is 23.5. The lowest BCUT2D eigenvalue weighted by Crippen LogP contribution is -2.21. The van der Waals surface area contributed by atoms with E-state index in [9.17, 15) is 14.7 Å². The Kier molecular flexibility index (Phi) is 6.12. The number of carboxylic acid groups (broad SMARTS) is 1. The zero-order chi connectivity index (χ0) is 15.9. The minimum atomic E-state index is -0.917. The van der Waals surface area contributed by atoms with Crippen LogP contribution in [0.4, 0.5) is 0 Å². The van der Waals surface area contributed by atoms with Gasteiger partial charge in [0.1, 0.15) is 5.78 Å². The molecule has 1 N–H and O–H groups in total.